The Labute approximate surface area is 137 Å². The zero-order valence-electron chi connectivity index (χ0n) is 14.0. The molecule has 2 rings (SSSR count). The number of rotatable bonds is 4. The molecule has 0 aromatic heterocycles. The van der Waals surface area contributed by atoms with Crippen LogP contribution in [0.3, 0.4) is 0 Å². The first-order chi connectivity index (χ1) is 10.9. The monoisotopic (exact) mass is 310 g/mol. The van der Waals surface area contributed by atoms with Gasteiger partial charge in [-0.3, -0.25) is 4.79 Å². The maximum Gasteiger partial charge on any atom is 0.316 e. The first-order valence-electron chi connectivity index (χ1n) is 7.53. The quantitative estimate of drug-likeness (QED) is 0.461. The lowest BCUT2D eigenvalue weighted by molar-refractivity contribution is -0.143. The molecule has 3 nitrogen and oxygen atoms in total. The number of methoxy groups -OCH3 is 1. The van der Waals surface area contributed by atoms with Crippen LogP contribution >= 0.6 is 0 Å². The van der Waals surface area contributed by atoms with E-state index >= 15 is 0 Å². The molecule has 2 aromatic rings. The van der Waals surface area contributed by atoms with Crippen LogP contribution in [0.15, 0.2) is 48.5 Å². The van der Waals surface area contributed by atoms with Crippen LogP contribution in [0, 0.1) is 5.41 Å². The highest BCUT2D eigenvalue weighted by Gasteiger charge is 2.24. The molecule has 0 aliphatic carbocycles. The minimum Gasteiger partial charge on any atom is -0.493 e. The molecule has 0 aliphatic heterocycles. The molecule has 0 saturated heterocycles. The normalized spacial score (nSPS) is 11.5. The van der Waals surface area contributed by atoms with Gasteiger partial charge in [0, 0.05) is 0 Å². The fourth-order valence-corrected chi connectivity index (χ4v) is 1.88. The van der Waals surface area contributed by atoms with Crippen molar-refractivity contribution >= 4 is 18.1 Å². The molecular formula is C20H22O3. The van der Waals surface area contributed by atoms with Crippen molar-refractivity contribution in [1.29, 1.82) is 0 Å². The number of ether oxygens (including phenoxy) is 2. The van der Waals surface area contributed by atoms with E-state index in [2.05, 4.69) is 0 Å². The van der Waals surface area contributed by atoms with Crippen LogP contribution in [0.4, 0.5) is 0 Å². The third-order valence-corrected chi connectivity index (χ3v) is 3.27. The minimum absolute atomic E-state index is 0.289. The summed E-state index contributed by atoms with van der Waals surface area (Å²) in [4.78, 5) is 12.0. The van der Waals surface area contributed by atoms with Gasteiger partial charge in [-0.1, -0.05) is 48.6 Å². The maximum absolute atomic E-state index is 12.0. The van der Waals surface area contributed by atoms with Gasteiger partial charge in [-0.05, 0) is 44.0 Å². The van der Waals surface area contributed by atoms with Crippen molar-refractivity contribution in [1.82, 2.24) is 0 Å². The summed E-state index contributed by atoms with van der Waals surface area (Å²) in [7, 11) is 1.56. The molecular weight excluding hydrogens is 288 g/mol. The molecule has 0 spiro atoms. The van der Waals surface area contributed by atoms with Gasteiger partial charge in [0.1, 0.15) is 0 Å². The summed E-state index contributed by atoms with van der Waals surface area (Å²) in [5.74, 6) is 0.686. The summed E-state index contributed by atoms with van der Waals surface area (Å²) in [6, 6.07) is 15.6. The molecule has 0 atom stereocenters. The van der Waals surface area contributed by atoms with Gasteiger partial charge in [-0.2, -0.15) is 0 Å². The summed E-state index contributed by atoms with van der Waals surface area (Å²) >= 11 is 0. The minimum atomic E-state index is -0.559. The van der Waals surface area contributed by atoms with Gasteiger partial charge in [0.15, 0.2) is 11.5 Å². The number of esters is 1. The van der Waals surface area contributed by atoms with Crippen LogP contribution in [0.25, 0.3) is 12.2 Å². The first kappa shape index (κ1) is 16.8. The van der Waals surface area contributed by atoms with Gasteiger partial charge in [0.05, 0.1) is 12.5 Å². The number of carbonyl (C=O) groups excluding carboxylic acids is 1. The van der Waals surface area contributed by atoms with Gasteiger partial charge in [-0.15, -0.1) is 0 Å². The van der Waals surface area contributed by atoms with E-state index in [0.29, 0.717) is 11.5 Å². The van der Waals surface area contributed by atoms with Crippen molar-refractivity contribution in [3.63, 3.8) is 0 Å². The molecule has 0 amide bonds. The molecule has 0 radical (unpaired) electrons. The van der Waals surface area contributed by atoms with Gasteiger partial charge in [0.2, 0.25) is 0 Å². The maximum atomic E-state index is 12.0. The Balaban J connectivity index is 2.19. The Morgan fingerprint density at radius 1 is 0.913 bits per heavy atom. The zero-order chi connectivity index (χ0) is 16.9. The van der Waals surface area contributed by atoms with E-state index in [4.69, 9.17) is 9.47 Å². The third kappa shape index (κ3) is 4.71. The van der Waals surface area contributed by atoms with Crippen LogP contribution in [0.2, 0.25) is 0 Å². The Kier molecular flexibility index (Phi) is 5.22. The molecule has 2 aromatic carbocycles. The Bertz CT molecular complexity index is 695. The van der Waals surface area contributed by atoms with E-state index in [1.807, 2.05) is 75.4 Å². The topological polar surface area (TPSA) is 35.5 Å². The van der Waals surface area contributed by atoms with Crippen LogP contribution in [0.1, 0.15) is 31.9 Å². The number of hydrogen-bond acceptors (Lipinski definition) is 3. The molecule has 0 bridgehead atoms. The Hall–Kier alpha value is -2.55. The summed E-state index contributed by atoms with van der Waals surface area (Å²) in [5, 5.41) is 0. The average molecular weight is 310 g/mol. The predicted molar refractivity (Wildman–Crippen MR) is 93.5 cm³/mol. The molecule has 120 valence electrons. The summed E-state index contributed by atoms with van der Waals surface area (Å²) in [6.45, 7) is 5.45. The Morgan fingerprint density at radius 3 is 2.17 bits per heavy atom. The first-order valence-corrected chi connectivity index (χ1v) is 7.53. The molecule has 0 saturated carbocycles. The fraction of sp³-hybridized carbons (Fsp3) is 0.250. The molecule has 0 heterocycles. The standard InChI is InChI=1S/C20H22O3/c1-20(2,3)19(21)23-17-13-12-16(14-18(17)22-4)11-10-15-8-6-5-7-9-15/h5-14H,1-4H3/b11-10+. The highest BCUT2D eigenvalue weighted by Crippen LogP contribution is 2.30. The van der Waals surface area contributed by atoms with Crippen molar-refractivity contribution in [3.05, 3.63) is 59.7 Å². The van der Waals surface area contributed by atoms with Crippen molar-refractivity contribution in [2.75, 3.05) is 7.11 Å². The van der Waals surface area contributed by atoms with Crippen molar-refractivity contribution < 1.29 is 14.3 Å². The lowest BCUT2D eigenvalue weighted by Crippen LogP contribution is -2.25. The molecule has 3 heteroatoms. The lowest BCUT2D eigenvalue weighted by atomic mass is 9.97. The zero-order valence-corrected chi connectivity index (χ0v) is 14.0. The van der Waals surface area contributed by atoms with Crippen LogP contribution in [-0.4, -0.2) is 13.1 Å². The van der Waals surface area contributed by atoms with E-state index in [-0.39, 0.29) is 5.97 Å². The molecule has 0 N–H and O–H groups in total. The summed E-state index contributed by atoms with van der Waals surface area (Å²) in [6.07, 6.45) is 4.02. The van der Waals surface area contributed by atoms with E-state index in [1.165, 1.54) is 0 Å². The van der Waals surface area contributed by atoms with Crippen LogP contribution in [0.5, 0.6) is 11.5 Å². The lowest BCUT2D eigenvalue weighted by Gasteiger charge is -2.17. The molecule has 0 fully saturated rings. The van der Waals surface area contributed by atoms with Gasteiger partial charge in [0.25, 0.3) is 0 Å². The van der Waals surface area contributed by atoms with Crippen LogP contribution in [-0.2, 0) is 4.79 Å². The SMILES string of the molecule is COc1cc(/C=C/c2ccccc2)ccc1OC(=O)C(C)(C)C. The van der Waals surface area contributed by atoms with E-state index in [0.717, 1.165) is 11.1 Å². The predicted octanol–water partition coefficient (Wildman–Crippen LogP) is 4.82. The number of carbonyl (C=O) groups is 1. The Morgan fingerprint density at radius 2 is 1.57 bits per heavy atom. The van der Waals surface area contributed by atoms with Crippen molar-refractivity contribution in [2.45, 2.75) is 20.8 Å². The van der Waals surface area contributed by atoms with E-state index in [9.17, 15) is 4.79 Å². The van der Waals surface area contributed by atoms with E-state index in [1.54, 1.807) is 13.2 Å². The summed E-state index contributed by atoms with van der Waals surface area (Å²) < 4.78 is 10.8. The molecule has 0 unspecified atom stereocenters. The second-order valence-electron chi connectivity index (χ2n) is 6.29. The highest BCUT2D eigenvalue weighted by atomic mass is 16.6. The number of hydrogen-bond donors (Lipinski definition) is 0. The van der Waals surface area contributed by atoms with Gasteiger partial charge in [-0.25, -0.2) is 0 Å². The van der Waals surface area contributed by atoms with Gasteiger partial charge < -0.3 is 9.47 Å². The third-order valence-electron chi connectivity index (χ3n) is 3.27. The van der Waals surface area contributed by atoms with Crippen molar-refractivity contribution in [2.24, 2.45) is 5.41 Å². The number of benzene rings is 2. The van der Waals surface area contributed by atoms with Crippen molar-refractivity contribution in [3.8, 4) is 11.5 Å². The second-order valence-corrected chi connectivity index (χ2v) is 6.29. The second kappa shape index (κ2) is 7.14. The fourth-order valence-electron chi connectivity index (χ4n) is 1.88. The van der Waals surface area contributed by atoms with E-state index < -0.39 is 5.41 Å². The highest BCUT2D eigenvalue weighted by molar-refractivity contribution is 5.79. The molecule has 0 aliphatic rings. The largest absolute Gasteiger partial charge is 0.493 e. The van der Waals surface area contributed by atoms with Gasteiger partial charge >= 0.3 is 5.97 Å². The molecule has 23 heavy (non-hydrogen) atoms. The average Bonchev–Trinajstić information content (AvgIpc) is 2.54. The van der Waals surface area contributed by atoms with Crippen LogP contribution < -0.4 is 9.47 Å². The summed E-state index contributed by atoms with van der Waals surface area (Å²) in [5.41, 5.74) is 1.53. The smallest absolute Gasteiger partial charge is 0.316 e.